The van der Waals surface area contributed by atoms with Gasteiger partial charge in [0, 0.05) is 19.3 Å². The Hall–Kier alpha value is -1.32. The lowest BCUT2D eigenvalue weighted by Gasteiger charge is -2.10. The van der Waals surface area contributed by atoms with E-state index in [2.05, 4.69) is 13.5 Å². The van der Waals surface area contributed by atoms with Crippen molar-refractivity contribution in [3.05, 3.63) is 12.7 Å². The molecule has 0 heterocycles. The van der Waals surface area contributed by atoms with Crippen LogP contribution in [0.3, 0.4) is 0 Å². The first-order valence-corrected chi connectivity index (χ1v) is 10.6. The molecular formula is C22H40O4. The molecule has 0 fully saturated rings. The third-order valence-corrected chi connectivity index (χ3v) is 4.35. The van der Waals surface area contributed by atoms with E-state index in [1.54, 1.807) is 6.08 Å². The summed E-state index contributed by atoms with van der Waals surface area (Å²) in [5.74, 6) is -0.173. The van der Waals surface area contributed by atoms with Gasteiger partial charge in [-0.2, -0.15) is 0 Å². The maximum atomic E-state index is 11.6. The molecule has 4 nitrogen and oxygen atoms in total. The van der Waals surface area contributed by atoms with Crippen molar-refractivity contribution in [1.82, 2.24) is 0 Å². The fourth-order valence-electron chi connectivity index (χ4n) is 2.78. The smallest absolute Gasteiger partial charge is 0.306 e. The lowest BCUT2D eigenvalue weighted by atomic mass is 10.1. The van der Waals surface area contributed by atoms with Crippen LogP contribution < -0.4 is 0 Å². The minimum atomic E-state index is -0.114. The number of unbranched alkanes of at least 4 members (excludes halogenated alkanes) is 9. The lowest BCUT2D eigenvalue weighted by molar-refractivity contribution is -0.148. The molecule has 0 aliphatic heterocycles. The summed E-state index contributed by atoms with van der Waals surface area (Å²) >= 11 is 0. The SMILES string of the molecule is C=CCC(C)OC(=O)CCCCCCCCC(=O)OCCCCCCC. The van der Waals surface area contributed by atoms with Crippen LogP contribution in [-0.4, -0.2) is 24.6 Å². The van der Waals surface area contributed by atoms with Gasteiger partial charge in [-0.3, -0.25) is 9.59 Å². The number of esters is 2. The van der Waals surface area contributed by atoms with Crippen molar-refractivity contribution >= 4 is 11.9 Å². The van der Waals surface area contributed by atoms with Crippen molar-refractivity contribution in [2.75, 3.05) is 6.61 Å². The Morgan fingerprint density at radius 1 is 0.846 bits per heavy atom. The number of hydrogen-bond donors (Lipinski definition) is 0. The number of hydrogen-bond acceptors (Lipinski definition) is 4. The average molecular weight is 369 g/mol. The van der Waals surface area contributed by atoms with Crippen LogP contribution >= 0.6 is 0 Å². The van der Waals surface area contributed by atoms with Crippen LogP contribution in [0.2, 0.25) is 0 Å². The zero-order valence-electron chi connectivity index (χ0n) is 17.1. The van der Waals surface area contributed by atoms with Crippen molar-refractivity contribution in [3.63, 3.8) is 0 Å². The Bertz CT molecular complexity index is 365. The van der Waals surface area contributed by atoms with Gasteiger partial charge < -0.3 is 9.47 Å². The van der Waals surface area contributed by atoms with Crippen molar-refractivity contribution in [3.8, 4) is 0 Å². The molecule has 1 unspecified atom stereocenters. The number of rotatable bonds is 18. The van der Waals surface area contributed by atoms with Crippen LogP contribution in [0.25, 0.3) is 0 Å². The minimum Gasteiger partial charge on any atom is -0.466 e. The first-order chi connectivity index (χ1) is 12.6. The van der Waals surface area contributed by atoms with E-state index in [1.165, 1.54) is 19.3 Å². The summed E-state index contributed by atoms with van der Waals surface area (Å²) in [6.45, 7) is 8.29. The normalized spacial score (nSPS) is 11.8. The van der Waals surface area contributed by atoms with E-state index in [-0.39, 0.29) is 18.0 Å². The topological polar surface area (TPSA) is 52.6 Å². The van der Waals surface area contributed by atoms with Gasteiger partial charge in [-0.15, -0.1) is 6.58 Å². The van der Waals surface area contributed by atoms with Gasteiger partial charge in [-0.25, -0.2) is 0 Å². The molecule has 4 heteroatoms. The predicted octanol–water partition coefficient (Wildman–Crippen LogP) is 6.13. The van der Waals surface area contributed by atoms with Crippen molar-refractivity contribution < 1.29 is 19.1 Å². The molecule has 0 amide bonds. The molecule has 26 heavy (non-hydrogen) atoms. The van der Waals surface area contributed by atoms with E-state index in [4.69, 9.17) is 9.47 Å². The van der Waals surface area contributed by atoms with E-state index in [0.717, 1.165) is 51.4 Å². The molecule has 0 N–H and O–H groups in total. The molecule has 0 aromatic carbocycles. The molecule has 0 aliphatic rings. The lowest BCUT2D eigenvalue weighted by Crippen LogP contribution is -2.13. The second-order valence-corrected chi connectivity index (χ2v) is 7.08. The molecule has 0 aromatic rings. The van der Waals surface area contributed by atoms with Crippen LogP contribution in [0.4, 0.5) is 0 Å². The Labute approximate surface area is 160 Å². The zero-order chi connectivity index (χ0) is 19.5. The van der Waals surface area contributed by atoms with Crippen molar-refractivity contribution in [2.24, 2.45) is 0 Å². The molecule has 1 atom stereocenters. The number of carbonyl (C=O) groups excluding carboxylic acids is 2. The molecule has 0 aliphatic carbocycles. The van der Waals surface area contributed by atoms with Crippen LogP contribution in [0.5, 0.6) is 0 Å². The maximum absolute atomic E-state index is 11.6. The van der Waals surface area contributed by atoms with Gasteiger partial charge >= 0.3 is 11.9 Å². The van der Waals surface area contributed by atoms with Crippen LogP contribution in [-0.2, 0) is 19.1 Å². The van der Waals surface area contributed by atoms with Gasteiger partial charge in [-0.1, -0.05) is 64.4 Å². The zero-order valence-corrected chi connectivity index (χ0v) is 17.1. The third-order valence-electron chi connectivity index (χ3n) is 4.35. The molecule has 0 rings (SSSR count). The summed E-state index contributed by atoms with van der Waals surface area (Å²) in [7, 11) is 0. The molecular weight excluding hydrogens is 328 g/mol. The molecule has 0 saturated heterocycles. The van der Waals surface area contributed by atoms with Crippen LogP contribution in [0.1, 0.15) is 104 Å². The molecule has 0 aromatic heterocycles. The molecule has 0 saturated carbocycles. The van der Waals surface area contributed by atoms with Gasteiger partial charge in [0.25, 0.3) is 0 Å². The summed E-state index contributed by atoms with van der Waals surface area (Å²) in [6, 6.07) is 0. The largest absolute Gasteiger partial charge is 0.466 e. The first kappa shape index (κ1) is 24.7. The molecule has 0 spiro atoms. The van der Waals surface area contributed by atoms with Gasteiger partial charge in [-0.05, 0) is 26.2 Å². The van der Waals surface area contributed by atoms with E-state index >= 15 is 0 Å². The third kappa shape index (κ3) is 17.5. The number of ether oxygens (including phenoxy) is 2. The monoisotopic (exact) mass is 368 g/mol. The Kier molecular flexibility index (Phi) is 17.5. The predicted molar refractivity (Wildman–Crippen MR) is 107 cm³/mol. The summed E-state index contributed by atoms with van der Waals surface area (Å²) in [5, 5.41) is 0. The average Bonchev–Trinajstić information content (AvgIpc) is 2.60. The van der Waals surface area contributed by atoms with E-state index < -0.39 is 0 Å². The van der Waals surface area contributed by atoms with E-state index in [1.807, 2.05) is 6.92 Å². The second-order valence-electron chi connectivity index (χ2n) is 7.08. The van der Waals surface area contributed by atoms with E-state index in [0.29, 0.717) is 25.9 Å². The fraction of sp³-hybridized carbons (Fsp3) is 0.818. The second kappa shape index (κ2) is 18.5. The Morgan fingerprint density at radius 2 is 1.38 bits per heavy atom. The van der Waals surface area contributed by atoms with Gasteiger partial charge in [0.05, 0.1) is 6.61 Å². The highest BCUT2D eigenvalue weighted by atomic mass is 16.5. The van der Waals surface area contributed by atoms with E-state index in [9.17, 15) is 9.59 Å². The van der Waals surface area contributed by atoms with Crippen LogP contribution in [0, 0.1) is 0 Å². The highest BCUT2D eigenvalue weighted by Crippen LogP contribution is 2.11. The number of carbonyl (C=O) groups is 2. The van der Waals surface area contributed by atoms with Crippen molar-refractivity contribution in [1.29, 1.82) is 0 Å². The first-order valence-electron chi connectivity index (χ1n) is 10.6. The summed E-state index contributed by atoms with van der Waals surface area (Å²) < 4.78 is 10.5. The van der Waals surface area contributed by atoms with Crippen LogP contribution in [0.15, 0.2) is 12.7 Å². The highest BCUT2D eigenvalue weighted by molar-refractivity contribution is 5.69. The highest BCUT2D eigenvalue weighted by Gasteiger charge is 2.07. The van der Waals surface area contributed by atoms with Gasteiger partial charge in [0.2, 0.25) is 0 Å². The maximum Gasteiger partial charge on any atom is 0.306 e. The molecule has 152 valence electrons. The van der Waals surface area contributed by atoms with Gasteiger partial charge in [0.15, 0.2) is 0 Å². The fourth-order valence-corrected chi connectivity index (χ4v) is 2.78. The quantitative estimate of drug-likeness (QED) is 0.166. The van der Waals surface area contributed by atoms with Crippen molar-refractivity contribution in [2.45, 2.75) is 110 Å². The molecule has 0 bridgehead atoms. The summed E-state index contributed by atoms with van der Waals surface area (Å²) in [5.41, 5.74) is 0. The summed E-state index contributed by atoms with van der Waals surface area (Å²) in [6.07, 6.45) is 15.4. The minimum absolute atomic E-state index is 0.0584. The Balaban J connectivity index is 3.33. The standard InChI is InChI=1S/C22H40O4/c1-4-6-7-12-15-19-25-21(23)17-13-10-8-9-11-14-18-22(24)26-20(3)16-5-2/h5,20H,2,4,6-19H2,1,3H3. The summed E-state index contributed by atoms with van der Waals surface area (Å²) in [4.78, 5) is 23.2. The van der Waals surface area contributed by atoms with Gasteiger partial charge in [0.1, 0.15) is 6.10 Å². The Morgan fingerprint density at radius 3 is 2.00 bits per heavy atom. The molecule has 0 radical (unpaired) electrons.